The summed E-state index contributed by atoms with van der Waals surface area (Å²) < 4.78 is 2.67. The van der Waals surface area contributed by atoms with Crippen molar-refractivity contribution < 1.29 is 0 Å². The van der Waals surface area contributed by atoms with E-state index in [0.717, 1.165) is 0 Å². The number of para-hydroxylation sites is 3. The molecule has 0 saturated carbocycles. The van der Waals surface area contributed by atoms with Gasteiger partial charge >= 0.3 is 0 Å². The Hall–Kier alpha value is -5.16. The number of fused-ring (bicyclic) bond motifs is 8. The topological polar surface area (TPSA) is 6.48 Å². The summed E-state index contributed by atoms with van der Waals surface area (Å²) in [6.07, 6.45) is 0. The smallest absolute Gasteiger partial charge is 0.123 e. The van der Waals surface area contributed by atoms with E-state index in [1.807, 2.05) is 11.3 Å². The molecule has 0 atom stereocenters. The molecule has 0 aliphatic carbocycles. The summed E-state index contributed by atoms with van der Waals surface area (Å²) in [5.74, 6) is 0. The molecule has 0 fully saturated rings. The van der Waals surface area contributed by atoms with Gasteiger partial charge in [0.25, 0.3) is 0 Å². The molecule has 0 bridgehead atoms. The minimum Gasteiger partial charge on any atom is -0.310 e. The summed E-state index contributed by atoms with van der Waals surface area (Å²) in [6.45, 7) is 9.60. The number of hydrogen-bond donors (Lipinski definition) is 0. The first-order valence-electron chi connectivity index (χ1n) is 18.3. The van der Waals surface area contributed by atoms with Crippen LogP contribution in [-0.2, 0) is 5.41 Å². The fourth-order valence-corrected chi connectivity index (χ4v) is 15.2. The second kappa shape index (κ2) is 11.2. The van der Waals surface area contributed by atoms with Crippen LogP contribution in [0, 0.1) is 0 Å². The number of anilines is 6. The summed E-state index contributed by atoms with van der Waals surface area (Å²) in [5, 5.41) is 8.31. The van der Waals surface area contributed by atoms with Gasteiger partial charge in [-0.05, 0) is 70.0 Å². The van der Waals surface area contributed by atoms with Gasteiger partial charge in [0.15, 0.2) is 0 Å². The van der Waals surface area contributed by atoms with E-state index in [-0.39, 0.29) is 5.41 Å². The Kier molecular flexibility index (Phi) is 6.71. The van der Waals surface area contributed by atoms with Crippen molar-refractivity contribution in [1.82, 2.24) is 0 Å². The molecular formula is C47H40N2SSi. The third kappa shape index (κ3) is 4.15. The van der Waals surface area contributed by atoms with Crippen molar-refractivity contribution in [1.29, 1.82) is 0 Å². The third-order valence-corrected chi connectivity index (χ3v) is 18.6. The van der Waals surface area contributed by atoms with E-state index in [2.05, 4.69) is 183 Å². The first kappa shape index (κ1) is 30.6. The van der Waals surface area contributed by atoms with Crippen molar-refractivity contribution in [3.05, 3.63) is 157 Å². The highest BCUT2D eigenvalue weighted by atomic mass is 32.1. The van der Waals surface area contributed by atoms with E-state index >= 15 is 0 Å². The molecular weight excluding hydrogens is 653 g/mol. The van der Waals surface area contributed by atoms with E-state index in [1.165, 1.54) is 88.3 Å². The van der Waals surface area contributed by atoms with Crippen molar-refractivity contribution in [3.63, 3.8) is 0 Å². The Bertz CT molecular complexity index is 2630. The molecule has 1 aromatic heterocycles. The van der Waals surface area contributed by atoms with Crippen LogP contribution in [0.15, 0.2) is 146 Å². The largest absolute Gasteiger partial charge is 0.310 e. The number of nitrogens with zero attached hydrogens (tertiary/aromatic N) is 2. The average molecular weight is 693 g/mol. The van der Waals surface area contributed by atoms with Crippen LogP contribution >= 0.6 is 11.3 Å². The summed E-state index contributed by atoms with van der Waals surface area (Å²) in [5.41, 5.74) is 10.2. The van der Waals surface area contributed by atoms with Crippen LogP contribution in [0.3, 0.4) is 0 Å². The lowest BCUT2D eigenvalue weighted by molar-refractivity contribution is 0.633. The van der Waals surface area contributed by atoms with Crippen molar-refractivity contribution in [3.8, 4) is 0 Å². The highest BCUT2D eigenvalue weighted by Crippen LogP contribution is 2.55. The molecule has 0 amide bonds. The van der Waals surface area contributed by atoms with Gasteiger partial charge in [0, 0.05) is 47.7 Å². The van der Waals surface area contributed by atoms with Crippen LogP contribution in [0.2, 0.25) is 12.1 Å². The Morgan fingerprint density at radius 2 is 0.961 bits per heavy atom. The maximum atomic E-state index is 2.56. The molecule has 0 radical (unpaired) electrons. The lowest BCUT2D eigenvalue weighted by atomic mass is 9.73. The van der Waals surface area contributed by atoms with Crippen LogP contribution < -0.4 is 20.2 Å². The van der Waals surface area contributed by atoms with Gasteiger partial charge in [-0.2, -0.15) is 0 Å². The minimum atomic E-state index is -1.93. The van der Waals surface area contributed by atoms with Crippen LogP contribution in [0.25, 0.3) is 30.9 Å². The summed E-state index contributed by atoms with van der Waals surface area (Å²) in [4.78, 5) is 5.12. The Morgan fingerprint density at radius 1 is 0.451 bits per heavy atom. The first-order chi connectivity index (χ1) is 25.0. The molecule has 3 heterocycles. The van der Waals surface area contributed by atoms with Crippen molar-refractivity contribution in [2.45, 2.75) is 45.2 Å². The summed E-state index contributed by atoms with van der Waals surface area (Å²) in [7, 11) is -1.93. The molecule has 0 N–H and O–H groups in total. The standard InChI is InChI=1S/C47H40N2SSi/c1-5-51(6-2)45-27-13-10-22-40(45)49(41-23-11-14-28-46(41)51)38-25-16-18-31-32(38)19-15-24-37(31)48-39-21-9-8-20-35(39)47(3,4)36-29-34-33-17-7-12-26-43(33)50-44(34)30-42(36)48/h7-30H,5-6H2,1-4H3. The fourth-order valence-electron chi connectivity index (χ4n) is 9.54. The molecule has 248 valence electrons. The Labute approximate surface area is 305 Å². The zero-order chi connectivity index (χ0) is 34.5. The quantitative estimate of drug-likeness (QED) is 0.169. The minimum absolute atomic E-state index is 0.161. The molecule has 51 heavy (non-hydrogen) atoms. The van der Waals surface area contributed by atoms with Gasteiger partial charge in [0.2, 0.25) is 0 Å². The fraction of sp³-hybridized carbons (Fsp3) is 0.149. The first-order valence-corrected chi connectivity index (χ1v) is 21.6. The molecule has 2 aliphatic heterocycles. The summed E-state index contributed by atoms with van der Waals surface area (Å²) in [6, 6.07) is 57.6. The SMILES string of the molecule is CC[Si]1(CC)c2ccccc2N(c2cccc3c(N4c5ccccc5C(C)(C)c5cc6c(cc54)sc4ccccc46)cccc23)c2ccccc21. The van der Waals surface area contributed by atoms with E-state index in [0.29, 0.717) is 0 Å². The normalized spacial score (nSPS) is 15.5. The average Bonchev–Trinajstić information content (AvgIpc) is 3.54. The van der Waals surface area contributed by atoms with E-state index in [1.54, 1.807) is 10.4 Å². The highest BCUT2D eigenvalue weighted by Gasteiger charge is 2.43. The lowest BCUT2D eigenvalue weighted by Crippen LogP contribution is -2.61. The van der Waals surface area contributed by atoms with Gasteiger partial charge < -0.3 is 9.80 Å². The molecule has 2 aliphatic rings. The molecule has 4 heteroatoms. The van der Waals surface area contributed by atoms with Gasteiger partial charge in [0.05, 0.1) is 22.7 Å². The number of benzene rings is 7. The number of thiophene rings is 1. The Balaban J connectivity index is 1.24. The predicted octanol–water partition coefficient (Wildman–Crippen LogP) is 12.7. The Morgan fingerprint density at radius 3 is 1.61 bits per heavy atom. The van der Waals surface area contributed by atoms with Gasteiger partial charge in [-0.1, -0.05) is 137 Å². The van der Waals surface area contributed by atoms with Gasteiger partial charge in [0.1, 0.15) is 8.07 Å². The van der Waals surface area contributed by atoms with Crippen molar-refractivity contribution in [2.24, 2.45) is 0 Å². The number of rotatable bonds is 4. The maximum Gasteiger partial charge on any atom is 0.123 e. The predicted molar refractivity (Wildman–Crippen MR) is 224 cm³/mol. The van der Waals surface area contributed by atoms with Gasteiger partial charge in [-0.25, -0.2) is 0 Å². The van der Waals surface area contributed by atoms with E-state index in [4.69, 9.17) is 0 Å². The monoisotopic (exact) mass is 692 g/mol. The van der Waals surface area contributed by atoms with Gasteiger partial charge in [-0.3, -0.25) is 0 Å². The second-order valence-corrected chi connectivity index (χ2v) is 20.5. The summed E-state index contributed by atoms with van der Waals surface area (Å²) >= 11 is 1.90. The molecule has 0 spiro atoms. The van der Waals surface area contributed by atoms with Gasteiger partial charge in [-0.15, -0.1) is 11.3 Å². The zero-order valence-electron chi connectivity index (χ0n) is 29.6. The molecule has 0 saturated heterocycles. The van der Waals surface area contributed by atoms with E-state index < -0.39 is 8.07 Å². The van der Waals surface area contributed by atoms with Crippen LogP contribution in [0.1, 0.15) is 38.8 Å². The highest BCUT2D eigenvalue weighted by molar-refractivity contribution is 7.25. The molecule has 7 aromatic carbocycles. The third-order valence-electron chi connectivity index (χ3n) is 12.1. The van der Waals surface area contributed by atoms with Crippen LogP contribution in [-0.4, -0.2) is 8.07 Å². The number of hydrogen-bond acceptors (Lipinski definition) is 3. The maximum absolute atomic E-state index is 2.56. The molecule has 0 unspecified atom stereocenters. The lowest BCUT2D eigenvalue weighted by Gasteiger charge is -2.44. The van der Waals surface area contributed by atoms with E-state index in [9.17, 15) is 0 Å². The molecule has 8 aromatic rings. The molecule has 10 rings (SSSR count). The van der Waals surface area contributed by atoms with Crippen molar-refractivity contribution in [2.75, 3.05) is 9.80 Å². The zero-order valence-corrected chi connectivity index (χ0v) is 31.4. The second-order valence-electron chi connectivity index (χ2n) is 14.7. The van der Waals surface area contributed by atoms with Crippen LogP contribution in [0.5, 0.6) is 0 Å². The van der Waals surface area contributed by atoms with Crippen molar-refractivity contribution >= 4 is 94.9 Å². The molecule has 2 nitrogen and oxygen atoms in total. The van der Waals surface area contributed by atoms with Crippen LogP contribution in [0.4, 0.5) is 34.1 Å².